The fraction of sp³-hybridized carbons (Fsp3) is 0.318. The van der Waals surface area contributed by atoms with E-state index in [1.54, 1.807) is 13.0 Å². The number of piperazine rings is 1. The highest BCUT2D eigenvalue weighted by Gasteiger charge is 2.24. The molecule has 1 aliphatic heterocycles. The number of amides is 2. The van der Waals surface area contributed by atoms with Crippen LogP contribution in [0.25, 0.3) is 11.0 Å². The second-order valence-corrected chi connectivity index (χ2v) is 8.02. The second kappa shape index (κ2) is 9.56. The van der Waals surface area contributed by atoms with Gasteiger partial charge in [-0.2, -0.15) is 4.98 Å². The van der Waals surface area contributed by atoms with E-state index >= 15 is 4.39 Å². The van der Waals surface area contributed by atoms with Gasteiger partial charge in [0.15, 0.2) is 11.5 Å². The molecular weight excluding hydrogens is 475 g/mol. The van der Waals surface area contributed by atoms with Crippen LogP contribution in [0.3, 0.4) is 0 Å². The number of primary amides is 1. The Balaban J connectivity index is 1.69. The van der Waals surface area contributed by atoms with Crippen molar-refractivity contribution in [3.63, 3.8) is 0 Å². The highest BCUT2D eigenvalue weighted by Crippen LogP contribution is 2.35. The molecule has 0 atom stereocenters. The maximum atomic E-state index is 15.2. The Morgan fingerprint density at radius 2 is 1.94 bits per heavy atom. The average Bonchev–Trinajstić information content (AvgIpc) is 2.85. The van der Waals surface area contributed by atoms with Gasteiger partial charge >= 0.3 is 6.09 Å². The van der Waals surface area contributed by atoms with Crippen molar-refractivity contribution in [2.75, 3.05) is 49.2 Å². The van der Waals surface area contributed by atoms with Gasteiger partial charge in [0, 0.05) is 50.7 Å². The predicted octanol–water partition coefficient (Wildman–Crippen LogP) is 1.18. The molecule has 0 aliphatic carbocycles. The number of pyridine rings is 1. The largest absolute Gasteiger partial charge is 0.494 e. The number of ether oxygens (including phenoxy) is 1. The number of nitrogen functional groups attached to an aromatic ring is 1. The summed E-state index contributed by atoms with van der Waals surface area (Å²) in [4.78, 5) is 47.2. The quantitative estimate of drug-likeness (QED) is 0.383. The summed E-state index contributed by atoms with van der Waals surface area (Å²) in [6.07, 6.45) is 0.223. The number of carboxylic acid groups (broad SMARTS) is 1. The molecule has 6 N–H and O–H groups in total. The van der Waals surface area contributed by atoms with Gasteiger partial charge in [-0.15, -0.1) is 0 Å². The molecule has 3 heterocycles. The summed E-state index contributed by atoms with van der Waals surface area (Å²) in [5, 5.41) is 12.0. The van der Waals surface area contributed by atoms with Gasteiger partial charge < -0.3 is 41.0 Å². The van der Waals surface area contributed by atoms with Crippen molar-refractivity contribution < 1.29 is 23.8 Å². The van der Waals surface area contributed by atoms with Gasteiger partial charge in [0.25, 0.3) is 5.91 Å². The molecule has 2 amide bonds. The number of hydrogen-bond acceptors (Lipinski definition) is 9. The van der Waals surface area contributed by atoms with Crippen LogP contribution >= 0.6 is 0 Å². The summed E-state index contributed by atoms with van der Waals surface area (Å²) in [7, 11) is 1.38. The van der Waals surface area contributed by atoms with Gasteiger partial charge in [-0.05, 0) is 13.0 Å². The molecule has 14 heteroatoms. The van der Waals surface area contributed by atoms with Gasteiger partial charge in [0.2, 0.25) is 11.4 Å². The maximum Gasteiger partial charge on any atom is 0.407 e. The first kappa shape index (κ1) is 24.5. The van der Waals surface area contributed by atoms with Gasteiger partial charge in [0.05, 0.1) is 12.5 Å². The van der Waals surface area contributed by atoms with Gasteiger partial charge in [-0.1, -0.05) is 0 Å². The SMILES string of the molecule is CCn1c(N)c(C(N)=O)c(=O)c2cnc(Nc3c(F)cc(N4CCN(C(=O)O)CC4)cc3OC)nc21. The van der Waals surface area contributed by atoms with Crippen molar-refractivity contribution in [2.24, 2.45) is 5.73 Å². The third-order valence-corrected chi connectivity index (χ3v) is 6.02. The van der Waals surface area contributed by atoms with Crippen LogP contribution in [0.2, 0.25) is 0 Å². The Hall–Kier alpha value is -4.62. The molecule has 4 rings (SSSR count). The zero-order valence-corrected chi connectivity index (χ0v) is 19.6. The zero-order valence-electron chi connectivity index (χ0n) is 19.6. The number of aromatic nitrogens is 3. The minimum atomic E-state index is -0.991. The third-order valence-electron chi connectivity index (χ3n) is 6.02. The summed E-state index contributed by atoms with van der Waals surface area (Å²) in [6.45, 7) is 3.42. The Kier molecular flexibility index (Phi) is 6.51. The van der Waals surface area contributed by atoms with E-state index in [0.29, 0.717) is 31.9 Å². The lowest BCUT2D eigenvalue weighted by Gasteiger charge is -2.34. The lowest BCUT2D eigenvalue weighted by atomic mass is 10.1. The number of halogens is 1. The van der Waals surface area contributed by atoms with Crippen molar-refractivity contribution in [2.45, 2.75) is 13.5 Å². The molecule has 190 valence electrons. The van der Waals surface area contributed by atoms with E-state index in [9.17, 15) is 14.4 Å². The number of carbonyl (C=O) groups excluding carboxylic acids is 1. The highest BCUT2D eigenvalue weighted by molar-refractivity contribution is 6.00. The molecule has 0 unspecified atom stereocenters. The van der Waals surface area contributed by atoms with Crippen LogP contribution in [0.5, 0.6) is 5.75 Å². The lowest BCUT2D eigenvalue weighted by Crippen LogP contribution is -2.48. The van der Waals surface area contributed by atoms with Crippen molar-refractivity contribution in [1.82, 2.24) is 19.4 Å². The normalized spacial score (nSPS) is 13.6. The van der Waals surface area contributed by atoms with Crippen LogP contribution in [-0.4, -0.2) is 69.8 Å². The van der Waals surface area contributed by atoms with Crippen LogP contribution in [0.1, 0.15) is 17.3 Å². The molecule has 36 heavy (non-hydrogen) atoms. The Morgan fingerprint density at radius 3 is 2.53 bits per heavy atom. The van der Waals surface area contributed by atoms with Crippen molar-refractivity contribution in [3.8, 4) is 5.75 Å². The summed E-state index contributed by atoms with van der Waals surface area (Å²) < 4.78 is 22.0. The van der Waals surface area contributed by atoms with Crippen LogP contribution < -0.4 is 31.8 Å². The Bertz CT molecular complexity index is 1420. The first-order valence-corrected chi connectivity index (χ1v) is 11.0. The van der Waals surface area contributed by atoms with Crippen molar-refractivity contribution in [3.05, 3.63) is 39.9 Å². The smallest absolute Gasteiger partial charge is 0.407 e. The zero-order chi connectivity index (χ0) is 26.1. The molecule has 1 fully saturated rings. The minimum absolute atomic E-state index is 0.0307. The highest BCUT2D eigenvalue weighted by atomic mass is 19.1. The summed E-state index contributed by atoms with van der Waals surface area (Å²) in [5.74, 6) is -1.59. The van der Waals surface area contributed by atoms with E-state index in [1.165, 1.54) is 28.8 Å². The standard InChI is InChI=1S/C22H25FN8O5/c1-3-31-18(24)15(19(25)33)17(32)12-10-26-21(28-20(12)31)27-16-13(23)8-11(9-14(16)36-2)29-4-6-30(7-5-29)22(34)35/h8-10H,3-7,24H2,1-2H3,(H2,25,33)(H,34,35)(H,26,27,28). The molecule has 1 aliphatic rings. The number of hydrogen-bond donors (Lipinski definition) is 4. The Labute approximate surface area is 204 Å². The van der Waals surface area contributed by atoms with E-state index in [2.05, 4.69) is 15.3 Å². The summed E-state index contributed by atoms with van der Waals surface area (Å²) in [6, 6.07) is 2.93. The van der Waals surface area contributed by atoms with Crippen molar-refractivity contribution in [1.29, 1.82) is 0 Å². The van der Waals surface area contributed by atoms with Crippen molar-refractivity contribution >= 4 is 46.2 Å². The molecule has 1 aromatic carbocycles. The summed E-state index contributed by atoms with van der Waals surface area (Å²) >= 11 is 0. The van der Waals surface area contributed by atoms with E-state index < -0.39 is 23.2 Å². The molecule has 0 radical (unpaired) electrons. The molecular formula is C22H25FN8O5. The van der Waals surface area contributed by atoms with E-state index in [1.807, 2.05) is 4.90 Å². The van der Waals surface area contributed by atoms with Gasteiger partial charge in [-0.3, -0.25) is 9.59 Å². The number of carbonyl (C=O) groups is 2. The minimum Gasteiger partial charge on any atom is -0.494 e. The number of methoxy groups -OCH3 is 1. The molecule has 1 saturated heterocycles. The topological polar surface area (TPSA) is 182 Å². The monoisotopic (exact) mass is 500 g/mol. The molecule has 0 spiro atoms. The number of aryl methyl sites for hydroxylation is 1. The van der Waals surface area contributed by atoms with Gasteiger partial charge in [-0.25, -0.2) is 14.2 Å². The lowest BCUT2D eigenvalue weighted by molar-refractivity contribution is 0.0999. The first-order chi connectivity index (χ1) is 17.2. The predicted molar refractivity (Wildman–Crippen MR) is 130 cm³/mol. The number of anilines is 4. The molecule has 0 bridgehead atoms. The molecule has 13 nitrogen and oxygen atoms in total. The average molecular weight is 500 g/mol. The van der Waals surface area contributed by atoms with Crippen LogP contribution in [-0.2, 0) is 6.54 Å². The number of fused-ring (bicyclic) bond motifs is 1. The number of nitrogens with zero attached hydrogens (tertiary/aromatic N) is 5. The number of benzene rings is 1. The fourth-order valence-electron chi connectivity index (χ4n) is 4.16. The fourth-order valence-corrected chi connectivity index (χ4v) is 4.16. The first-order valence-electron chi connectivity index (χ1n) is 11.0. The third kappa shape index (κ3) is 4.28. The number of rotatable bonds is 6. The van der Waals surface area contributed by atoms with Crippen LogP contribution in [0, 0.1) is 5.82 Å². The van der Waals surface area contributed by atoms with E-state index in [0.717, 1.165) is 0 Å². The maximum absolute atomic E-state index is 15.2. The molecule has 3 aromatic rings. The Morgan fingerprint density at radius 1 is 1.25 bits per heavy atom. The van der Waals surface area contributed by atoms with Gasteiger partial charge in [0.1, 0.15) is 22.8 Å². The van der Waals surface area contributed by atoms with Crippen LogP contribution in [0.4, 0.5) is 32.3 Å². The molecule has 0 saturated carbocycles. The number of nitrogens with one attached hydrogen (secondary N) is 1. The molecule has 2 aromatic heterocycles. The second-order valence-electron chi connectivity index (χ2n) is 8.02. The van der Waals surface area contributed by atoms with Crippen LogP contribution in [0.15, 0.2) is 23.1 Å². The summed E-state index contributed by atoms with van der Waals surface area (Å²) in [5.41, 5.74) is 10.9. The van der Waals surface area contributed by atoms with E-state index in [-0.39, 0.29) is 46.3 Å². The number of nitrogens with two attached hydrogens (primary N) is 2. The van der Waals surface area contributed by atoms with E-state index in [4.69, 9.17) is 21.3 Å².